The molecule has 1 aromatic carbocycles. The van der Waals surface area contributed by atoms with Gasteiger partial charge in [-0.15, -0.1) is 0 Å². The maximum absolute atomic E-state index is 11.5. The molecule has 1 saturated heterocycles. The summed E-state index contributed by atoms with van der Waals surface area (Å²) in [5.74, 6) is -0.846. The molecule has 0 unspecified atom stereocenters. The van der Waals surface area contributed by atoms with Gasteiger partial charge in [0.25, 0.3) is 0 Å². The van der Waals surface area contributed by atoms with Crippen molar-refractivity contribution in [2.24, 2.45) is 0 Å². The van der Waals surface area contributed by atoms with Crippen LogP contribution < -0.4 is 0 Å². The fourth-order valence-corrected chi connectivity index (χ4v) is 2.12. The molecule has 0 saturated carbocycles. The van der Waals surface area contributed by atoms with E-state index in [0.717, 1.165) is 12.7 Å². The van der Waals surface area contributed by atoms with Gasteiger partial charge in [0.2, 0.25) is 0 Å². The third-order valence-electron chi connectivity index (χ3n) is 3.28. The number of carbonyl (C=O) groups excluding carboxylic acids is 1. The van der Waals surface area contributed by atoms with E-state index < -0.39 is 36.7 Å². The molecule has 1 fully saturated rings. The molecule has 0 aliphatic carbocycles. The molecule has 0 radical (unpaired) electrons. The smallest absolute Gasteiger partial charge is 0.337 e. The number of hydrogen-bond acceptors (Lipinski definition) is 7. The number of aliphatic hydroxyl groups is 3. The van der Waals surface area contributed by atoms with Crippen molar-refractivity contribution in [1.29, 1.82) is 0 Å². The molecule has 7 heteroatoms. The first-order valence-corrected chi connectivity index (χ1v) is 6.47. The SMILES string of the molecule is COC(=O)[C@@H]1O[C@H](O)[C@H](O)[C@@H](OCc2ccccc2)[C@@H]1O. The molecule has 1 aliphatic rings. The van der Waals surface area contributed by atoms with Crippen LogP contribution in [0.15, 0.2) is 30.3 Å². The van der Waals surface area contributed by atoms with Crippen molar-refractivity contribution < 1.29 is 34.3 Å². The maximum Gasteiger partial charge on any atom is 0.337 e. The number of carbonyl (C=O) groups is 1. The highest BCUT2D eigenvalue weighted by Crippen LogP contribution is 2.24. The van der Waals surface area contributed by atoms with Gasteiger partial charge in [0.1, 0.15) is 18.3 Å². The van der Waals surface area contributed by atoms with Crippen LogP contribution in [0.4, 0.5) is 0 Å². The summed E-state index contributed by atoms with van der Waals surface area (Å²) in [4.78, 5) is 11.5. The number of aliphatic hydroxyl groups excluding tert-OH is 3. The van der Waals surface area contributed by atoms with Gasteiger partial charge >= 0.3 is 5.97 Å². The highest BCUT2D eigenvalue weighted by molar-refractivity contribution is 5.75. The molecule has 1 heterocycles. The standard InChI is InChI=1S/C14H18O7/c1-19-14(18)12-9(15)11(10(16)13(17)21-12)20-7-8-5-3-2-4-6-8/h2-6,9-13,15-17H,7H2,1H3/t9-,10+,11-,12+,13-/m0/s1. The minimum Gasteiger partial charge on any atom is -0.467 e. The van der Waals surface area contributed by atoms with Gasteiger partial charge in [-0.25, -0.2) is 4.79 Å². The lowest BCUT2D eigenvalue weighted by molar-refractivity contribution is -0.289. The van der Waals surface area contributed by atoms with Crippen LogP contribution in [0.3, 0.4) is 0 Å². The monoisotopic (exact) mass is 298 g/mol. The van der Waals surface area contributed by atoms with Crippen LogP contribution in [0.1, 0.15) is 5.56 Å². The van der Waals surface area contributed by atoms with Crippen molar-refractivity contribution in [2.45, 2.75) is 37.3 Å². The van der Waals surface area contributed by atoms with Gasteiger partial charge in [0, 0.05) is 0 Å². The third kappa shape index (κ3) is 3.58. The van der Waals surface area contributed by atoms with Crippen LogP contribution in [0, 0.1) is 0 Å². The Morgan fingerprint density at radius 1 is 1.19 bits per heavy atom. The molecule has 2 rings (SSSR count). The third-order valence-corrected chi connectivity index (χ3v) is 3.28. The second-order valence-electron chi connectivity index (χ2n) is 4.71. The fourth-order valence-electron chi connectivity index (χ4n) is 2.12. The number of rotatable bonds is 4. The van der Waals surface area contributed by atoms with Crippen molar-refractivity contribution >= 4 is 5.97 Å². The first kappa shape index (κ1) is 15.9. The molecule has 0 amide bonds. The van der Waals surface area contributed by atoms with Gasteiger partial charge in [-0.2, -0.15) is 0 Å². The number of methoxy groups -OCH3 is 1. The predicted molar refractivity (Wildman–Crippen MR) is 69.9 cm³/mol. The molecular formula is C14H18O7. The summed E-state index contributed by atoms with van der Waals surface area (Å²) in [5.41, 5.74) is 0.826. The van der Waals surface area contributed by atoms with E-state index in [0.29, 0.717) is 0 Å². The summed E-state index contributed by atoms with van der Waals surface area (Å²) < 4.78 is 14.8. The van der Waals surface area contributed by atoms with Crippen LogP contribution >= 0.6 is 0 Å². The number of esters is 1. The van der Waals surface area contributed by atoms with Crippen molar-refractivity contribution in [3.05, 3.63) is 35.9 Å². The van der Waals surface area contributed by atoms with E-state index >= 15 is 0 Å². The van der Waals surface area contributed by atoms with E-state index in [2.05, 4.69) is 4.74 Å². The Morgan fingerprint density at radius 3 is 2.48 bits per heavy atom. The largest absolute Gasteiger partial charge is 0.467 e. The molecule has 3 N–H and O–H groups in total. The molecule has 0 bridgehead atoms. The normalized spacial score (nSPS) is 32.7. The Kier molecular flexibility index (Phi) is 5.27. The van der Waals surface area contributed by atoms with E-state index in [1.807, 2.05) is 30.3 Å². The van der Waals surface area contributed by atoms with Gasteiger partial charge in [-0.3, -0.25) is 0 Å². The zero-order valence-electron chi connectivity index (χ0n) is 11.5. The van der Waals surface area contributed by atoms with E-state index in [1.165, 1.54) is 0 Å². The Bertz CT molecular complexity index is 464. The van der Waals surface area contributed by atoms with Gasteiger partial charge in [-0.05, 0) is 5.56 Å². The Balaban J connectivity index is 2.06. The molecule has 5 atom stereocenters. The average molecular weight is 298 g/mol. The predicted octanol–water partition coefficient (Wildman–Crippen LogP) is -0.816. The molecular weight excluding hydrogens is 280 g/mol. The number of benzene rings is 1. The average Bonchev–Trinajstić information content (AvgIpc) is 2.51. The summed E-state index contributed by atoms with van der Waals surface area (Å²) in [6.45, 7) is 0.111. The van der Waals surface area contributed by atoms with E-state index in [-0.39, 0.29) is 6.61 Å². The Morgan fingerprint density at radius 2 is 1.86 bits per heavy atom. The van der Waals surface area contributed by atoms with Crippen LogP contribution in [0.2, 0.25) is 0 Å². The topological polar surface area (TPSA) is 105 Å². The summed E-state index contributed by atoms with van der Waals surface area (Å²) in [5, 5.41) is 29.5. The molecule has 21 heavy (non-hydrogen) atoms. The molecule has 0 spiro atoms. The molecule has 1 aliphatic heterocycles. The first-order chi connectivity index (χ1) is 10.0. The van der Waals surface area contributed by atoms with E-state index in [1.54, 1.807) is 0 Å². The second-order valence-corrected chi connectivity index (χ2v) is 4.71. The lowest BCUT2D eigenvalue weighted by Gasteiger charge is -2.39. The lowest BCUT2D eigenvalue weighted by atomic mass is 9.98. The number of hydrogen-bond donors (Lipinski definition) is 3. The Hall–Kier alpha value is -1.51. The van der Waals surface area contributed by atoms with Gasteiger partial charge < -0.3 is 29.5 Å². The van der Waals surface area contributed by atoms with Crippen LogP contribution in [-0.2, 0) is 25.6 Å². The highest BCUT2D eigenvalue weighted by Gasteiger charge is 2.48. The Labute approximate surface area is 121 Å². The summed E-state index contributed by atoms with van der Waals surface area (Å²) in [7, 11) is 1.13. The summed E-state index contributed by atoms with van der Waals surface area (Å²) in [6, 6.07) is 9.11. The zero-order valence-corrected chi connectivity index (χ0v) is 11.5. The quantitative estimate of drug-likeness (QED) is 0.624. The molecule has 1 aromatic rings. The van der Waals surface area contributed by atoms with Crippen LogP contribution in [-0.4, -0.2) is 59.1 Å². The van der Waals surface area contributed by atoms with Crippen LogP contribution in [0.5, 0.6) is 0 Å². The van der Waals surface area contributed by atoms with Gasteiger partial charge in [0.05, 0.1) is 13.7 Å². The lowest BCUT2D eigenvalue weighted by Crippen LogP contribution is -2.60. The molecule has 116 valence electrons. The molecule has 7 nitrogen and oxygen atoms in total. The summed E-state index contributed by atoms with van der Waals surface area (Å²) >= 11 is 0. The van der Waals surface area contributed by atoms with Crippen molar-refractivity contribution in [3.63, 3.8) is 0 Å². The van der Waals surface area contributed by atoms with Gasteiger partial charge in [-0.1, -0.05) is 30.3 Å². The molecule has 0 aromatic heterocycles. The minimum absolute atomic E-state index is 0.111. The maximum atomic E-state index is 11.5. The van der Waals surface area contributed by atoms with Crippen molar-refractivity contribution in [2.75, 3.05) is 7.11 Å². The van der Waals surface area contributed by atoms with Gasteiger partial charge in [0.15, 0.2) is 12.4 Å². The van der Waals surface area contributed by atoms with Crippen LogP contribution in [0.25, 0.3) is 0 Å². The number of ether oxygens (including phenoxy) is 3. The van der Waals surface area contributed by atoms with Crippen molar-refractivity contribution in [1.82, 2.24) is 0 Å². The van der Waals surface area contributed by atoms with E-state index in [9.17, 15) is 20.1 Å². The first-order valence-electron chi connectivity index (χ1n) is 6.47. The minimum atomic E-state index is -1.64. The van der Waals surface area contributed by atoms with E-state index in [4.69, 9.17) is 9.47 Å². The summed E-state index contributed by atoms with van der Waals surface area (Å²) in [6.07, 6.45) is -7.13. The second kappa shape index (κ2) is 6.97. The fraction of sp³-hybridized carbons (Fsp3) is 0.500. The van der Waals surface area contributed by atoms with Crippen molar-refractivity contribution in [3.8, 4) is 0 Å². The highest BCUT2D eigenvalue weighted by atomic mass is 16.7. The zero-order chi connectivity index (χ0) is 15.4.